The van der Waals surface area contributed by atoms with E-state index in [1.807, 2.05) is 36.4 Å². The summed E-state index contributed by atoms with van der Waals surface area (Å²) in [5, 5.41) is 6.09. The van der Waals surface area contributed by atoms with Crippen molar-refractivity contribution in [2.75, 3.05) is 23.3 Å². The SMILES string of the molecule is CCc1ccc(C(=O)NC(=S)Nc2ccc(N3CCCC3)cc2)cc1. The van der Waals surface area contributed by atoms with Crippen molar-refractivity contribution in [1.29, 1.82) is 0 Å². The van der Waals surface area contributed by atoms with E-state index in [1.165, 1.54) is 24.1 Å². The maximum atomic E-state index is 12.2. The quantitative estimate of drug-likeness (QED) is 0.816. The normalized spacial score (nSPS) is 13.6. The molecule has 0 aromatic heterocycles. The van der Waals surface area contributed by atoms with Crippen LogP contribution in [0.25, 0.3) is 0 Å². The highest BCUT2D eigenvalue weighted by atomic mass is 32.1. The number of hydrogen-bond donors (Lipinski definition) is 2. The number of carbonyl (C=O) groups is 1. The van der Waals surface area contributed by atoms with E-state index in [4.69, 9.17) is 12.2 Å². The van der Waals surface area contributed by atoms with Gasteiger partial charge in [-0.1, -0.05) is 19.1 Å². The second-order valence-corrected chi connectivity index (χ2v) is 6.61. The molecule has 0 saturated carbocycles. The summed E-state index contributed by atoms with van der Waals surface area (Å²) in [5.41, 5.74) is 3.91. The number of anilines is 2. The predicted molar refractivity (Wildman–Crippen MR) is 107 cm³/mol. The zero-order chi connectivity index (χ0) is 17.6. The fraction of sp³-hybridized carbons (Fsp3) is 0.300. The summed E-state index contributed by atoms with van der Waals surface area (Å²) in [4.78, 5) is 14.6. The predicted octanol–water partition coefficient (Wildman–Crippen LogP) is 3.98. The Bertz CT molecular complexity index is 735. The number of hydrogen-bond acceptors (Lipinski definition) is 3. The summed E-state index contributed by atoms with van der Waals surface area (Å²) >= 11 is 5.25. The van der Waals surface area contributed by atoms with Gasteiger partial charge >= 0.3 is 0 Å². The van der Waals surface area contributed by atoms with Crippen LogP contribution in [0.3, 0.4) is 0 Å². The Labute approximate surface area is 154 Å². The van der Waals surface area contributed by atoms with E-state index in [9.17, 15) is 4.79 Å². The maximum Gasteiger partial charge on any atom is 0.257 e. The van der Waals surface area contributed by atoms with Gasteiger partial charge in [0.15, 0.2) is 5.11 Å². The third kappa shape index (κ3) is 4.57. The molecule has 1 aliphatic rings. The summed E-state index contributed by atoms with van der Waals surface area (Å²) < 4.78 is 0. The molecule has 130 valence electrons. The van der Waals surface area contributed by atoms with Crippen molar-refractivity contribution in [1.82, 2.24) is 5.32 Å². The second-order valence-electron chi connectivity index (χ2n) is 6.20. The van der Waals surface area contributed by atoms with E-state index in [0.29, 0.717) is 10.7 Å². The minimum Gasteiger partial charge on any atom is -0.372 e. The van der Waals surface area contributed by atoms with Crippen LogP contribution in [-0.2, 0) is 6.42 Å². The standard InChI is InChI=1S/C20H23N3OS/c1-2-15-5-7-16(8-6-15)19(24)22-20(25)21-17-9-11-18(12-10-17)23-13-3-4-14-23/h5-12H,2-4,13-14H2,1H3,(H2,21,22,24,25). The molecule has 5 heteroatoms. The Balaban J connectivity index is 1.55. The van der Waals surface area contributed by atoms with Crippen LogP contribution >= 0.6 is 12.2 Å². The van der Waals surface area contributed by atoms with Gasteiger partial charge in [0.05, 0.1) is 0 Å². The first-order valence-corrected chi connectivity index (χ1v) is 9.13. The van der Waals surface area contributed by atoms with Crippen molar-refractivity contribution in [3.63, 3.8) is 0 Å². The van der Waals surface area contributed by atoms with Crippen molar-refractivity contribution >= 4 is 34.6 Å². The summed E-state index contributed by atoms with van der Waals surface area (Å²) in [6, 6.07) is 15.7. The average molecular weight is 353 g/mol. The molecule has 0 aliphatic carbocycles. The Hall–Kier alpha value is -2.40. The molecule has 4 nitrogen and oxygen atoms in total. The van der Waals surface area contributed by atoms with Crippen LogP contribution in [0.5, 0.6) is 0 Å². The molecule has 0 bridgehead atoms. The zero-order valence-electron chi connectivity index (χ0n) is 14.4. The van der Waals surface area contributed by atoms with Gasteiger partial charge in [-0.15, -0.1) is 0 Å². The van der Waals surface area contributed by atoms with E-state index < -0.39 is 0 Å². The molecule has 2 N–H and O–H groups in total. The molecule has 1 fully saturated rings. The Morgan fingerprint density at radius 2 is 1.68 bits per heavy atom. The molecule has 0 atom stereocenters. The third-order valence-electron chi connectivity index (χ3n) is 4.45. The number of nitrogens with zero attached hydrogens (tertiary/aromatic N) is 1. The molecule has 3 rings (SSSR count). The Morgan fingerprint density at radius 1 is 1.04 bits per heavy atom. The van der Waals surface area contributed by atoms with Gasteiger partial charge in [0.2, 0.25) is 0 Å². The molecular weight excluding hydrogens is 330 g/mol. The van der Waals surface area contributed by atoms with Crippen molar-refractivity contribution in [2.45, 2.75) is 26.2 Å². The molecule has 1 aliphatic heterocycles. The number of thiocarbonyl (C=S) groups is 1. The fourth-order valence-electron chi connectivity index (χ4n) is 2.96. The number of benzene rings is 2. The van der Waals surface area contributed by atoms with E-state index in [-0.39, 0.29) is 5.91 Å². The average Bonchev–Trinajstić information content (AvgIpc) is 3.17. The van der Waals surface area contributed by atoms with E-state index in [0.717, 1.165) is 25.2 Å². The van der Waals surface area contributed by atoms with Crippen LogP contribution in [0, 0.1) is 0 Å². The summed E-state index contributed by atoms with van der Waals surface area (Å²) in [7, 11) is 0. The molecule has 2 aromatic rings. The monoisotopic (exact) mass is 353 g/mol. The van der Waals surface area contributed by atoms with Gasteiger partial charge in [-0.3, -0.25) is 10.1 Å². The lowest BCUT2D eigenvalue weighted by atomic mass is 10.1. The summed E-state index contributed by atoms with van der Waals surface area (Å²) in [5.74, 6) is -0.200. The van der Waals surface area contributed by atoms with Crippen LogP contribution in [0.4, 0.5) is 11.4 Å². The zero-order valence-corrected chi connectivity index (χ0v) is 15.2. The minimum atomic E-state index is -0.200. The number of carbonyl (C=O) groups excluding carboxylic acids is 1. The highest BCUT2D eigenvalue weighted by molar-refractivity contribution is 7.80. The number of nitrogens with one attached hydrogen (secondary N) is 2. The van der Waals surface area contributed by atoms with Gasteiger partial charge in [0.25, 0.3) is 5.91 Å². The summed E-state index contributed by atoms with van der Waals surface area (Å²) in [6.45, 7) is 4.33. The van der Waals surface area contributed by atoms with Crippen molar-refractivity contribution < 1.29 is 4.79 Å². The van der Waals surface area contributed by atoms with Crippen LogP contribution in [0.15, 0.2) is 48.5 Å². The largest absolute Gasteiger partial charge is 0.372 e. The van der Waals surface area contributed by atoms with Crippen molar-refractivity contribution in [3.05, 3.63) is 59.7 Å². The number of rotatable bonds is 4. The van der Waals surface area contributed by atoms with E-state index >= 15 is 0 Å². The topological polar surface area (TPSA) is 44.4 Å². The van der Waals surface area contributed by atoms with Gasteiger partial charge in [0, 0.05) is 30.0 Å². The lowest BCUT2D eigenvalue weighted by Gasteiger charge is -2.18. The molecule has 1 heterocycles. The van der Waals surface area contributed by atoms with Crippen molar-refractivity contribution in [2.24, 2.45) is 0 Å². The van der Waals surface area contributed by atoms with Gasteiger partial charge in [-0.25, -0.2) is 0 Å². The highest BCUT2D eigenvalue weighted by Gasteiger charge is 2.12. The first-order chi connectivity index (χ1) is 12.2. The molecule has 2 aromatic carbocycles. The Kier molecular flexibility index (Phi) is 5.66. The molecule has 0 radical (unpaired) electrons. The van der Waals surface area contributed by atoms with E-state index in [2.05, 4.69) is 34.6 Å². The molecule has 1 saturated heterocycles. The third-order valence-corrected chi connectivity index (χ3v) is 4.65. The minimum absolute atomic E-state index is 0.200. The second kappa shape index (κ2) is 8.12. The van der Waals surface area contributed by atoms with Gasteiger partial charge in [0.1, 0.15) is 0 Å². The molecular formula is C20H23N3OS. The first-order valence-electron chi connectivity index (χ1n) is 8.72. The number of aryl methyl sites for hydroxylation is 1. The van der Waals surface area contributed by atoms with Crippen LogP contribution in [0.2, 0.25) is 0 Å². The molecule has 1 amide bonds. The van der Waals surface area contributed by atoms with Crippen LogP contribution < -0.4 is 15.5 Å². The lowest BCUT2D eigenvalue weighted by molar-refractivity contribution is 0.0977. The number of amides is 1. The maximum absolute atomic E-state index is 12.2. The van der Waals surface area contributed by atoms with E-state index in [1.54, 1.807) is 0 Å². The first kappa shape index (κ1) is 17.4. The molecule has 0 spiro atoms. The van der Waals surface area contributed by atoms with Gasteiger partial charge < -0.3 is 10.2 Å². The smallest absolute Gasteiger partial charge is 0.257 e. The van der Waals surface area contributed by atoms with Crippen molar-refractivity contribution in [3.8, 4) is 0 Å². The summed E-state index contributed by atoms with van der Waals surface area (Å²) in [6.07, 6.45) is 3.47. The van der Waals surface area contributed by atoms with Crippen LogP contribution in [0.1, 0.15) is 35.7 Å². The fourth-order valence-corrected chi connectivity index (χ4v) is 3.17. The molecule has 25 heavy (non-hydrogen) atoms. The van der Waals surface area contributed by atoms with Gasteiger partial charge in [-0.2, -0.15) is 0 Å². The van der Waals surface area contributed by atoms with Gasteiger partial charge in [-0.05, 0) is 73.4 Å². The highest BCUT2D eigenvalue weighted by Crippen LogP contribution is 2.22. The van der Waals surface area contributed by atoms with Crippen LogP contribution in [-0.4, -0.2) is 24.1 Å². The lowest BCUT2D eigenvalue weighted by Crippen LogP contribution is -2.34. The Morgan fingerprint density at radius 3 is 2.28 bits per heavy atom. The molecule has 0 unspecified atom stereocenters.